The summed E-state index contributed by atoms with van der Waals surface area (Å²) in [4.78, 5) is 0. The molecule has 1 heterocycles. The Morgan fingerprint density at radius 2 is 1.71 bits per heavy atom. The Balaban J connectivity index is 1.32. The van der Waals surface area contributed by atoms with Gasteiger partial charge in [-0.15, -0.1) is 6.58 Å². The zero-order valence-corrected chi connectivity index (χ0v) is 20.7. The molecule has 2 fully saturated rings. The number of halogens is 3. The van der Waals surface area contributed by atoms with Gasteiger partial charge < -0.3 is 9.47 Å². The Morgan fingerprint density at radius 1 is 1.00 bits per heavy atom. The number of allylic oxidation sites excluding steroid dienone is 1. The summed E-state index contributed by atoms with van der Waals surface area (Å²) in [6.07, 6.45) is 5.57. The van der Waals surface area contributed by atoms with E-state index in [0.29, 0.717) is 55.8 Å². The van der Waals surface area contributed by atoms with Gasteiger partial charge in [-0.3, -0.25) is 0 Å². The average molecular weight is 487 g/mol. The molecule has 2 atom stereocenters. The summed E-state index contributed by atoms with van der Waals surface area (Å²) in [6, 6.07) is 11.8. The van der Waals surface area contributed by atoms with Crippen LogP contribution in [0.2, 0.25) is 0 Å². The highest BCUT2D eigenvalue weighted by Gasteiger charge is 2.34. The molecule has 0 radical (unpaired) electrons. The van der Waals surface area contributed by atoms with Gasteiger partial charge in [-0.2, -0.15) is 0 Å². The average Bonchev–Trinajstić information content (AvgIpc) is 2.88. The van der Waals surface area contributed by atoms with Crippen molar-refractivity contribution in [3.63, 3.8) is 0 Å². The minimum absolute atomic E-state index is 0.278. The fraction of sp³-hybridized carbons (Fsp3) is 0.533. The van der Waals surface area contributed by atoms with Crippen molar-refractivity contribution in [1.29, 1.82) is 0 Å². The third-order valence-corrected chi connectivity index (χ3v) is 7.89. The number of benzene rings is 2. The van der Waals surface area contributed by atoms with E-state index < -0.39 is 23.9 Å². The van der Waals surface area contributed by atoms with Crippen molar-refractivity contribution in [3.8, 4) is 5.75 Å². The quantitative estimate of drug-likeness (QED) is 0.330. The summed E-state index contributed by atoms with van der Waals surface area (Å²) in [5.41, 5.74) is 1.55. The van der Waals surface area contributed by atoms with Gasteiger partial charge in [0.05, 0.1) is 24.9 Å². The van der Waals surface area contributed by atoms with E-state index in [0.717, 1.165) is 25.0 Å². The maximum atomic E-state index is 15.1. The predicted molar refractivity (Wildman–Crippen MR) is 134 cm³/mol. The molecule has 0 bridgehead atoms. The van der Waals surface area contributed by atoms with Gasteiger partial charge in [0.2, 0.25) is 0 Å². The van der Waals surface area contributed by atoms with Crippen LogP contribution in [-0.4, -0.2) is 13.2 Å². The predicted octanol–water partition coefficient (Wildman–Crippen LogP) is 8.72. The summed E-state index contributed by atoms with van der Waals surface area (Å²) >= 11 is 0. The van der Waals surface area contributed by atoms with E-state index >= 15 is 4.39 Å². The zero-order chi connectivity index (χ0) is 24.8. The Kier molecular flexibility index (Phi) is 8.94. The van der Waals surface area contributed by atoms with Gasteiger partial charge in [0.1, 0.15) is 11.6 Å². The lowest BCUT2D eigenvalue weighted by Gasteiger charge is -2.38. The second-order valence-corrected chi connectivity index (χ2v) is 9.94. The first-order valence-corrected chi connectivity index (χ1v) is 13.1. The molecule has 0 aromatic heterocycles. The van der Waals surface area contributed by atoms with Crippen LogP contribution in [0.3, 0.4) is 0 Å². The van der Waals surface area contributed by atoms with Crippen molar-refractivity contribution in [2.24, 2.45) is 11.8 Å². The van der Waals surface area contributed by atoms with Crippen LogP contribution in [0, 0.1) is 17.7 Å². The van der Waals surface area contributed by atoms with Gasteiger partial charge in [0.25, 0.3) is 6.43 Å². The molecule has 0 amide bonds. The molecule has 190 valence electrons. The maximum absolute atomic E-state index is 15.1. The van der Waals surface area contributed by atoms with Crippen LogP contribution in [0.4, 0.5) is 13.2 Å². The molecule has 2 unspecified atom stereocenters. The number of rotatable bonds is 9. The molecular weight excluding hydrogens is 449 g/mol. The topological polar surface area (TPSA) is 18.5 Å². The van der Waals surface area contributed by atoms with E-state index in [1.807, 2.05) is 6.92 Å². The summed E-state index contributed by atoms with van der Waals surface area (Å²) in [5, 5.41) is 0. The number of aryl methyl sites for hydroxylation is 1. The number of ether oxygens (including phenoxy) is 2. The molecule has 2 aliphatic rings. The van der Waals surface area contributed by atoms with E-state index in [1.165, 1.54) is 18.4 Å². The van der Waals surface area contributed by atoms with Crippen LogP contribution in [0.15, 0.2) is 49.1 Å². The summed E-state index contributed by atoms with van der Waals surface area (Å²) in [5.74, 6) is 1.78. The second kappa shape index (κ2) is 12.1. The minimum atomic E-state index is -2.84. The maximum Gasteiger partial charge on any atom is 0.266 e. The number of hydrogen-bond donors (Lipinski definition) is 0. The highest BCUT2D eigenvalue weighted by atomic mass is 19.3. The molecule has 2 nitrogen and oxygen atoms in total. The molecule has 2 aromatic rings. The largest absolute Gasteiger partial charge is 0.494 e. The Hall–Kier alpha value is -2.27. The fourth-order valence-corrected chi connectivity index (χ4v) is 5.93. The smallest absolute Gasteiger partial charge is 0.266 e. The summed E-state index contributed by atoms with van der Waals surface area (Å²) < 4.78 is 54.1. The first kappa shape index (κ1) is 25.8. The van der Waals surface area contributed by atoms with Crippen molar-refractivity contribution in [3.05, 3.63) is 77.1 Å². The first-order valence-electron chi connectivity index (χ1n) is 13.1. The van der Waals surface area contributed by atoms with Gasteiger partial charge in [-0.05, 0) is 99.3 Å². The van der Waals surface area contributed by atoms with E-state index in [-0.39, 0.29) is 5.56 Å². The highest BCUT2D eigenvalue weighted by molar-refractivity contribution is 5.36. The van der Waals surface area contributed by atoms with Crippen LogP contribution in [0.5, 0.6) is 5.75 Å². The van der Waals surface area contributed by atoms with Gasteiger partial charge in [0, 0.05) is 5.56 Å². The monoisotopic (exact) mass is 486 g/mol. The lowest BCUT2D eigenvalue weighted by atomic mass is 9.72. The van der Waals surface area contributed by atoms with Gasteiger partial charge in [-0.25, -0.2) is 13.2 Å². The highest BCUT2D eigenvalue weighted by Crippen LogP contribution is 2.44. The fourth-order valence-electron chi connectivity index (χ4n) is 5.93. The van der Waals surface area contributed by atoms with Gasteiger partial charge in [-0.1, -0.05) is 30.3 Å². The Bertz CT molecular complexity index is 956. The van der Waals surface area contributed by atoms with E-state index in [9.17, 15) is 8.78 Å². The van der Waals surface area contributed by atoms with Crippen LogP contribution >= 0.6 is 0 Å². The molecule has 0 N–H and O–H groups in total. The molecule has 1 aliphatic heterocycles. The SMILES string of the molecule is C=CCCc1ccc(C2CCC(C3CCC(c4ccc(OCC)cc4)CC3)CO2)c(F)c1C(F)F. The van der Waals surface area contributed by atoms with Crippen LogP contribution < -0.4 is 4.74 Å². The molecule has 1 aliphatic carbocycles. The van der Waals surface area contributed by atoms with Crippen molar-refractivity contribution >= 4 is 0 Å². The molecule has 2 aromatic carbocycles. The summed E-state index contributed by atoms with van der Waals surface area (Å²) in [7, 11) is 0. The third-order valence-electron chi connectivity index (χ3n) is 7.89. The van der Waals surface area contributed by atoms with Crippen molar-refractivity contribution in [2.75, 3.05) is 13.2 Å². The molecule has 1 saturated carbocycles. The molecule has 35 heavy (non-hydrogen) atoms. The Labute approximate surface area is 207 Å². The van der Waals surface area contributed by atoms with Crippen molar-refractivity contribution < 1.29 is 22.6 Å². The van der Waals surface area contributed by atoms with Crippen LogP contribution in [0.25, 0.3) is 0 Å². The minimum Gasteiger partial charge on any atom is -0.494 e. The van der Waals surface area contributed by atoms with Crippen molar-refractivity contribution in [2.45, 2.75) is 76.7 Å². The number of hydrogen-bond acceptors (Lipinski definition) is 2. The third kappa shape index (κ3) is 6.11. The lowest BCUT2D eigenvalue weighted by Crippen LogP contribution is -2.29. The first-order chi connectivity index (χ1) is 17.0. The van der Waals surface area contributed by atoms with Crippen LogP contribution in [0.1, 0.15) is 92.6 Å². The van der Waals surface area contributed by atoms with E-state index in [2.05, 4.69) is 30.8 Å². The van der Waals surface area contributed by atoms with Crippen LogP contribution in [-0.2, 0) is 11.2 Å². The normalized spacial score (nSPS) is 24.9. The van der Waals surface area contributed by atoms with E-state index in [4.69, 9.17) is 9.47 Å². The molecular formula is C30H37F3O2. The number of alkyl halides is 2. The molecule has 5 heteroatoms. The van der Waals surface area contributed by atoms with E-state index in [1.54, 1.807) is 18.2 Å². The summed E-state index contributed by atoms with van der Waals surface area (Å²) in [6.45, 7) is 6.87. The Morgan fingerprint density at radius 3 is 2.31 bits per heavy atom. The standard InChI is InChI=1S/C30H37F3O2/c1-3-5-6-23-13-17-26(29(31)28(23)30(32)33)27-18-14-24(19-35-27)22-9-7-20(8-10-22)21-11-15-25(16-12-21)34-4-2/h3,11-13,15-17,20,22,24,27,30H,1,4-10,14,18-19H2,2H3. The zero-order valence-electron chi connectivity index (χ0n) is 20.7. The van der Waals surface area contributed by atoms with Gasteiger partial charge in [0.15, 0.2) is 0 Å². The molecule has 0 spiro atoms. The molecule has 1 saturated heterocycles. The second-order valence-electron chi connectivity index (χ2n) is 9.94. The molecule has 4 rings (SSSR count). The van der Waals surface area contributed by atoms with Gasteiger partial charge >= 0.3 is 0 Å². The lowest BCUT2D eigenvalue weighted by molar-refractivity contribution is -0.0407. The van der Waals surface area contributed by atoms with Crippen molar-refractivity contribution in [1.82, 2.24) is 0 Å².